The van der Waals surface area contributed by atoms with Crippen LogP contribution in [0.2, 0.25) is 0 Å². The Balaban J connectivity index is 2.03. The van der Waals surface area contributed by atoms with Gasteiger partial charge in [-0.05, 0) is 48.9 Å². The molecule has 0 spiro atoms. The van der Waals surface area contributed by atoms with Crippen LogP contribution in [-0.2, 0) is 0 Å². The number of hydrogen-bond donors (Lipinski definition) is 0. The lowest BCUT2D eigenvalue weighted by Gasteiger charge is -2.29. The highest BCUT2D eigenvalue weighted by atomic mass is 79.9. The molecule has 5 heteroatoms. The highest BCUT2D eigenvalue weighted by Gasteiger charge is 2.28. The third-order valence-corrected chi connectivity index (χ3v) is 5.35. The second kappa shape index (κ2) is 5.91. The van der Waals surface area contributed by atoms with Crippen LogP contribution in [0.3, 0.4) is 0 Å². The largest absolute Gasteiger partial charge is 0.269 e. The molecule has 0 saturated carbocycles. The van der Waals surface area contributed by atoms with Gasteiger partial charge in [-0.25, -0.2) is 0 Å². The number of benzene rings is 2. The minimum absolute atomic E-state index is 0.0714. The van der Waals surface area contributed by atoms with Gasteiger partial charge in [0.2, 0.25) is 0 Å². The standard InChI is InChI=1S/C16H12BrNOS2/c1-10-2-7-13-14(8-10)21-9-15(20)18(13)16(19)11-3-5-12(17)6-4-11/h2-8H,9H2,1H3. The normalized spacial score (nSPS) is 14.0. The fraction of sp³-hybridized carbons (Fsp3) is 0.125. The predicted octanol–water partition coefficient (Wildman–Crippen LogP) is 4.84. The summed E-state index contributed by atoms with van der Waals surface area (Å²) in [6.07, 6.45) is 0. The van der Waals surface area contributed by atoms with Gasteiger partial charge in [-0.2, -0.15) is 0 Å². The van der Waals surface area contributed by atoms with E-state index < -0.39 is 0 Å². The third kappa shape index (κ3) is 2.91. The lowest BCUT2D eigenvalue weighted by molar-refractivity contribution is 0.100. The summed E-state index contributed by atoms with van der Waals surface area (Å²) in [7, 11) is 0. The lowest BCUT2D eigenvalue weighted by Crippen LogP contribution is -2.39. The molecular formula is C16H12BrNOS2. The minimum atomic E-state index is -0.0714. The molecule has 2 aromatic rings. The highest BCUT2D eigenvalue weighted by molar-refractivity contribution is 9.10. The van der Waals surface area contributed by atoms with Crippen molar-refractivity contribution in [1.29, 1.82) is 0 Å². The molecule has 3 rings (SSSR count). The summed E-state index contributed by atoms with van der Waals surface area (Å²) in [4.78, 5) is 16.2. The van der Waals surface area contributed by atoms with Crippen molar-refractivity contribution in [2.45, 2.75) is 11.8 Å². The molecule has 0 bridgehead atoms. The van der Waals surface area contributed by atoms with E-state index in [9.17, 15) is 4.79 Å². The number of halogens is 1. The van der Waals surface area contributed by atoms with Crippen LogP contribution in [0.5, 0.6) is 0 Å². The molecule has 0 saturated heterocycles. The van der Waals surface area contributed by atoms with Crippen LogP contribution in [0.25, 0.3) is 0 Å². The van der Waals surface area contributed by atoms with E-state index in [0.29, 0.717) is 16.3 Å². The first kappa shape index (κ1) is 14.8. The fourth-order valence-corrected chi connectivity index (χ4v) is 3.81. The van der Waals surface area contributed by atoms with Crippen molar-refractivity contribution < 1.29 is 4.79 Å². The summed E-state index contributed by atoms with van der Waals surface area (Å²) in [6, 6.07) is 13.4. The number of thiocarbonyl (C=S) groups is 1. The van der Waals surface area contributed by atoms with Gasteiger partial charge in [0.1, 0.15) is 4.99 Å². The van der Waals surface area contributed by atoms with Crippen LogP contribution in [0.4, 0.5) is 5.69 Å². The molecule has 1 aliphatic heterocycles. The first-order valence-corrected chi connectivity index (χ1v) is 8.61. The van der Waals surface area contributed by atoms with Crippen molar-refractivity contribution in [2.75, 3.05) is 10.7 Å². The molecule has 1 heterocycles. The number of fused-ring (bicyclic) bond motifs is 1. The number of anilines is 1. The maximum Gasteiger partial charge on any atom is 0.263 e. The number of aryl methyl sites for hydroxylation is 1. The Bertz CT molecular complexity index is 728. The quantitative estimate of drug-likeness (QED) is 0.663. The van der Waals surface area contributed by atoms with E-state index in [-0.39, 0.29) is 5.91 Å². The molecule has 0 N–H and O–H groups in total. The van der Waals surface area contributed by atoms with Crippen molar-refractivity contribution in [2.24, 2.45) is 0 Å². The Morgan fingerprint density at radius 1 is 1.24 bits per heavy atom. The summed E-state index contributed by atoms with van der Waals surface area (Å²) in [5, 5.41) is 0. The zero-order chi connectivity index (χ0) is 15.0. The van der Waals surface area contributed by atoms with Gasteiger partial charge in [0.25, 0.3) is 5.91 Å². The van der Waals surface area contributed by atoms with Gasteiger partial charge in [-0.1, -0.05) is 34.2 Å². The van der Waals surface area contributed by atoms with E-state index in [1.807, 2.05) is 36.4 Å². The molecule has 2 nitrogen and oxygen atoms in total. The van der Waals surface area contributed by atoms with Crippen LogP contribution >= 0.6 is 39.9 Å². The molecule has 0 fully saturated rings. The number of amides is 1. The van der Waals surface area contributed by atoms with Gasteiger partial charge in [0.15, 0.2) is 0 Å². The maximum atomic E-state index is 12.8. The third-order valence-electron chi connectivity index (χ3n) is 3.25. The number of carbonyl (C=O) groups is 1. The highest BCUT2D eigenvalue weighted by Crippen LogP contribution is 2.37. The van der Waals surface area contributed by atoms with Gasteiger partial charge >= 0.3 is 0 Å². The molecule has 0 radical (unpaired) electrons. The van der Waals surface area contributed by atoms with Crippen molar-refractivity contribution in [1.82, 2.24) is 0 Å². The number of carbonyl (C=O) groups excluding carboxylic acids is 1. The second-order valence-corrected chi connectivity index (χ2v) is 7.21. The Hall–Kier alpha value is -1.17. The van der Waals surface area contributed by atoms with Gasteiger partial charge < -0.3 is 0 Å². The average molecular weight is 378 g/mol. The van der Waals surface area contributed by atoms with E-state index in [4.69, 9.17) is 12.2 Å². The fourth-order valence-electron chi connectivity index (χ4n) is 2.20. The van der Waals surface area contributed by atoms with Crippen molar-refractivity contribution in [3.8, 4) is 0 Å². The molecule has 21 heavy (non-hydrogen) atoms. The van der Waals surface area contributed by atoms with Gasteiger partial charge in [0.05, 0.1) is 5.69 Å². The van der Waals surface area contributed by atoms with E-state index in [1.54, 1.807) is 16.7 Å². The molecule has 1 aliphatic rings. The van der Waals surface area contributed by atoms with Crippen LogP contribution in [0, 0.1) is 6.92 Å². The Kier molecular flexibility index (Phi) is 4.15. The zero-order valence-corrected chi connectivity index (χ0v) is 14.5. The molecule has 106 valence electrons. The van der Waals surface area contributed by atoms with E-state index >= 15 is 0 Å². The van der Waals surface area contributed by atoms with Crippen LogP contribution in [-0.4, -0.2) is 16.6 Å². The van der Waals surface area contributed by atoms with Gasteiger partial charge in [0, 0.05) is 20.7 Å². The van der Waals surface area contributed by atoms with E-state index in [2.05, 4.69) is 28.9 Å². The molecule has 0 aliphatic carbocycles. The van der Waals surface area contributed by atoms with E-state index in [0.717, 1.165) is 15.1 Å². The number of rotatable bonds is 1. The average Bonchev–Trinajstić information content (AvgIpc) is 2.47. The van der Waals surface area contributed by atoms with Crippen molar-refractivity contribution in [3.05, 3.63) is 58.1 Å². The van der Waals surface area contributed by atoms with Crippen molar-refractivity contribution >= 4 is 56.5 Å². The summed E-state index contributed by atoms with van der Waals surface area (Å²) in [6.45, 7) is 2.05. The Morgan fingerprint density at radius 2 is 1.95 bits per heavy atom. The summed E-state index contributed by atoms with van der Waals surface area (Å²) in [5.41, 5.74) is 2.71. The molecule has 0 unspecified atom stereocenters. The predicted molar refractivity (Wildman–Crippen MR) is 95.5 cm³/mol. The van der Waals surface area contributed by atoms with Crippen LogP contribution < -0.4 is 4.90 Å². The topological polar surface area (TPSA) is 20.3 Å². The molecule has 2 aromatic carbocycles. The monoisotopic (exact) mass is 377 g/mol. The summed E-state index contributed by atoms with van der Waals surface area (Å²) < 4.78 is 0.951. The first-order chi connectivity index (χ1) is 10.1. The molecule has 1 amide bonds. The molecular weight excluding hydrogens is 366 g/mol. The van der Waals surface area contributed by atoms with Crippen LogP contribution in [0.15, 0.2) is 51.8 Å². The number of hydrogen-bond acceptors (Lipinski definition) is 3. The molecule has 0 atom stereocenters. The number of nitrogens with zero attached hydrogens (tertiary/aromatic N) is 1. The van der Waals surface area contributed by atoms with Gasteiger partial charge in [-0.15, -0.1) is 11.8 Å². The summed E-state index contributed by atoms with van der Waals surface area (Å²) >= 11 is 10.5. The minimum Gasteiger partial charge on any atom is -0.269 e. The van der Waals surface area contributed by atoms with Crippen molar-refractivity contribution in [3.63, 3.8) is 0 Å². The molecule has 0 aromatic heterocycles. The van der Waals surface area contributed by atoms with E-state index in [1.165, 1.54) is 5.56 Å². The van der Waals surface area contributed by atoms with Crippen LogP contribution in [0.1, 0.15) is 15.9 Å². The second-order valence-electron chi connectivity index (χ2n) is 4.80. The maximum absolute atomic E-state index is 12.8. The smallest absolute Gasteiger partial charge is 0.263 e. The lowest BCUT2D eigenvalue weighted by atomic mass is 10.1. The Labute approximate surface area is 141 Å². The number of thioether (sulfide) groups is 1. The van der Waals surface area contributed by atoms with Gasteiger partial charge in [-0.3, -0.25) is 9.69 Å². The first-order valence-electron chi connectivity index (χ1n) is 6.42. The zero-order valence-electron chi connectivity index (χ0n) is 11.3. The summed E-state index contributed by atoms with van der Waals surface area (Å²) in [5.74, 6) is 0.589. The SMILES string of the molecule is Cc1ccc2c(c1)SCC(=S)N2C(=O)c1ccc(Br)cc1. The Morgan fingerprint density at radius 3 is 2.67 bits per heavy atom.